The predicted octanol–water partition coefficient (Wildman–Crippen LogP) is 3.82. The van der Waals surface area contributed by atoms with E-state index in [-0.39, 0.29) is 16.9 Å². The van der Waals surface area contributed by atoms with E-state index in [1.54, 1.807) is 52.0 Å². The molecule has 35 heavy (non-hydrogen) atoms. The van der Waals surface area contributed by atoms with Crippen LogP contribution in [-0.2, 0) is 11.8 Å². The Balaban J connectivity index is 1.65. The van der Waals surface area contributed by atoms with Crippen LogP contribution in [0.3, 0.4) is 0 Å². The average molecular weight is 473 g/mol. The summed E-state index contributed by atoms with van der Waals surface area (Å²) in [4.78, 5) is 39.0. The number of rotatable bonds is 6. The van der Waals surface area contributed by atoms with Gasteiger partial charge in [0.1, 0.15) is 5.69 Å². The minimum absolute atomic E-state index is 0.196. The quantitative estimate of drug-likeness (QED) is 0.261. The largest absolute Gasteiger partial charge is 0.454 e. The summed E-state index contributed by atoms with van der Waals surface area (Å²) in [5, 5.41) is 0. The Morgan fingerprint density at radius 2 is 1.60 bits per heavy atom. The second-order valence-corrected chi connectivity index (χ2v) is 8.57. The minimum Gasteiger partial charge on any atom is -0.454 e. The SMILES string of the molecule is Cc1cccc(C(=O)OCC(=O)c2cc(C)n(-c3c(C)n(C)n(-c4ccccc4)c3=O)c2C)c1N. The Kier molecular flexibility index (Phi) is 6.22. The van der Waals surface area contributed by atoms with Crippen LogP contribution in [0.2, 0.25) is 0 Å². The standard InChI is InChI=1S/C27H28N4O4/c1-16-10-9-13-21(24(16)28)27(34)35-15-23(32)22-14-17(2)30(18(22)3)25-19(4)29(5)31(26(25)33)20-11-7-6-8-12-20/h6-14H,15,28H2,1-5H3. The molecule has 0 radical (unpaired) electrons. The van der Waals surface area contributed by atoms with Crippen LogP contribution >= 0.6 is 0 Å². The van der Waals surface area contributed by atoms with Gasteiger partial charge in [0.2, 0.25) is 5.78 Å². The third kappa shape index (κ3) is 4.07. The van der Waals surface area contributed by atoms with E-state index < -0.39 is 12.6 Å². The van der Waals surface area contributed by atoms with Gasteiger partial charge in [0.15, 0.2) is 6.61 Å². The first-order chi connectivity index (χ1) is 16.6. The first kappa shape index (κ1) is 23.8. The zero-order valence-corrected chi connectivity index (χ0v) is 20.5. The van der Waals surface area contributed by atoms with E-state index in [4.69, 9.17) is 10.5 Å². The number of carbonyl (C=O) groups is 2. The number of aromatic nitrogens is 3. The van der Waals surface area contributed by atoms with Gasteiger partial charge in [-0.3, -0.25) is 14.3 Å². The average Bonchev–Trinajstić information content (AvgIpc) is 3.25. The molecule has 0 saturated heterocycles. The molecule has 0 atom stereocenters. The van der Waals surface area contributed by atoms with Gasteiger partial charge in [-0.05, 0) is 57.5 Å². The fourth-order valence-electron chi connectivity index (χ4n) is 4.35. The third-order valence-corrected chi connectivity index (χ3v) is 6.36. The van der Waals surface area contributed by atoms with Crippen LogP contribution in [0, 0.1) is 27.7 Å². The maximum Gasteiger partial charge on any atom is 0.340 e. The van der Waals surface area contributed by atoms with Crippen molar-refractivity contribution in [1.29, 1.82) is 0 Å². The summed E-state index contributed by atoms with van der Waals surface area (Å²) in [7, 11) is 1.82. The summed E-state index contributed by atoms with van der Waals surface area (Å²) in [6.45, 7) is 6.84. The molecule has 0 unspecified atom stereocenters. The second kappa shape index (κ2) is 9.13. The lowest BCUT2D eigenvalue weighted by molar-refractivity contribution is 0.0475. The van der Waals surface area contributed by atoms with Crippen LogP contribution in [-0.4, -0.2) is 32.3 Å². The van der Waals surface area contributed by atoms with Crippen LogP contribution in [0.25, 0.3) is 11.4 Å². The number of aryl methyl sites for hydroxylation is 2. The second-order valence-electron chi connectivity index (χ2n) is 8.57. The molecule has 0 aliphatic carbocycles. The highest BCUT2D eigenvalue weighted by molar-refractivity contribution is 6.01. The Hall–Kier alpha value is -4.33. The van der Waals surface area contributed by atoms with E-state index in [1.165, 1.54) is 0 Å². The molecule has 0 bridgehead atoms. The predicted molar refractivity (Wildman–Crippen MR) is 135 cm³/mol. The lowest BCUT2D eigenvalue weighted by Gasteiger charge is -2.09. The Labute approximate surface area is 203 Å². The summed E-state index contributed by atoms with van der Waals surface area (Å²) < 4.78 is 10.4. The fourth-order valence-corrected chi connectivity index (χ4v) is 4.35. The van der Waals surface area contributed by atoms with E-state index >= 15 is 0 Å². The molecule has 0 fully saturated rings. The number of hydrogen-bond donors (Lipinski definition) is 1. The number of hydrogen-bond acceptors (Lipinski definition) is 5. The van der Waals surface area contributed by atoms with E-state index in [1.807, 2.05) is 51.2 Å². The number of benzene rings is 2. The molecule has 180 valence electrons. The van der Waals surface area contributed by atoms with Gasteiger partial charge >= 0.3 is 5.97 Å². The molecule has 2 N–H and O–H groups in total. The molecule has 8 heteroatoms. The van der Waals surface area contributed by atoms with Crippen molar-refractivity contribution in [3.8, 4) is 11.4 Å². The van der Waals surface area contributed by atoms with Crippen LogP contribution in [0.1, 0.15) is 43.4 Å². The molecule has 4 rings (SSSR count). The van der Waals surface area contributed by atoms with Crippen LogP contribution in [0.4, 0.5) is 5.69 Å². The number of para-hydroxylation sites is 2. The van der Waals surface area contributed by atoms with Crippen LogP contribution < -0.4 is 11.3 Å². The summed E-state index contributed by atoms with van der Waals surface area (Å²) in [5.41, 5.74) is 10.8. The summed E-state index contributed by atoms with van der Waals surface area (Å²) in [5.74, 6) is -1.01. The molecule has 4 aromatic rings. The van der Waals surface area contributed by atoms with Gasteiger partial charge in [-0.25, -0.2) is 9.48 Å². The number of nitrogen functional groups attached to an aromatic ring is 1. The smallest absolute Gasteiger partial charge is 0.340 e. The van der Waals surface area contributed by atoms with Crippen molar-refractivity contribution in [2.45, 2.75) is 27.7 Å². The van der Waals surface area contributed by atoms with Gasteiger partial charge < -0.3 is 15.0 Å². The molecule has 0 amide bonds. The number of nitrogens with zero attached hydrogens (tertiary/aromatic N) is 3. The van der Waals surface area contributed by atoms with Gasteiger partial charge in [-0.2, -0.15) is 0 Å². The normalized spacial score (nSPS) is 11.0. The summed E-state index contributed by atoms with van der Waals surface area (Å²) in [6, 6.07) is 16.2. The first-order valence-electron chi connectivity index (χ1n) is 11.2. The number of anilines is 1. The number of ether oxygens (including phenoxy) is 1. The van der Waals surface area contributed by atoms with E-state index in [0.29, 0.717) is 22.6 Å². The number of carbonyl (C=O) groups excluding carboxylic acids is 2. The fraction of sp³-hybridized carbons (Fsp3) is 0.222. The van der Waals surface area contributed by atoms with Gasteiger partial charge in [0.25, 0.3) is 5.56 Å². The van der Waals surface area contributed by atoms with E-state index in [2.05, 4.69) is 0 Å². The van der Waals surface area contributed by atoms with Crippen molar-refractivity contribution >= 4 is 17.4 Å². The lowest BCUT2D eigenvalue weighted by Crippen LogP contribution is -2.22. The zero-order valence-electron chi connectivity index (χ0n) is 20.5. The lowest BCUT2D eigenvalue weighted by atomic mass is 10.1. The monoisotopic (exact) mass is 472 g/mol. The van der Waals surface area contributed by atoms with Gasteiger partial charge in [-0.15, -0.1) is 0 Å². The topological polar surface area (TPSA) is 101 Å². The van der Waals surface area contributed by atoms with Crippen molar-refractivity contribution in [2.24, 2.45) is 7.05 Å². The molecule has 0 aliphatic rings. The van der Waals surface area contributed by atoms with Crippen molar-refractivity contribution in [1.82, 2.24) is 13.9 Å². The van der Waals surface area contributed by atoms with Gasteiger partial charge in [-0.1, -0.05) is 30.3 Å². The molecule has 2 aromatic carbocycles. The van der Waals surface area contributed by atoms with Gasteiger partial charge in [0.05, 0.1) is 16.9 Å². The van der Waals surface area contributed by atoms with Crippen LogP contribution in [0.15, 0.2) is 59.4 Å². The van der Waals surface area contributed by atoms with E-state index in [9.17, 15) is 14.4 Å². The molecule has 0 saturated carbocycles. The van der Waals surface area contributed by atoms with E-state index in [0.717, 1.165) is 22.6 Å². The Morgan fingerprint density at radius 3 is 2.29 bits per heavy atom. The highest BCUT2D eigenvalue weighted by atomic mass is 16.5. The number of ketones is 1. The van der Waals surface area contributed by atoms with Crippen molar-refractivity contribution in [3.63, 3.8) is 0 Å². The molecular weight excluding hydrogens is 444 g/mol. The first-order valence-corrected chi connectivity index (χ1v) is 11.2. The van der Waals surface area contributed by atoms with Crippen molar-refractivity contribution < 1.29 is 14.3 Å². The molecule has 2 heterocycles. The number of nitrogens with two attached hydrogens (primary N) is 1. The Bertz CT molecular complexity index is 1510. The summed E-state index contributed by atoms with van der Waals surface area (Å²) in [6.07, 6.45) is 0. The molecule has 0 spiro atoms. The maximum absolute atomic E-state index is 13.5. The van der Waals surface area contributed by atoms with Crippen molar-refractivity contribution in [3.05, 3.63) is 98.7 Å². The zero-order chi connectivity index (χ0) is 25.4. The minimum atomic E-state index is -0.655. The highest BCUT2D eigenvalue weighted by Crippen LogP contribution is 2.23. The van der Waals surface area contributed by atoms with Crippen molar-refractivity contribution in [2.75, 3.05) is 12.3 Å². The van der Waals surface area contributed by atoms with Gasteiger partial charge in [0, 0.05) is 29.7 Å². The molecule has 0 aliphatic heterocycles. The summed E-state index contributed by atoms with van der Waals surface area (Å²) >= 11 is 0. The molecule has 2 aromatic heterocycles. The highest BCUT2D eigenvalue weighted by Gasteiger charge is 2.24. The number of Topliss-reactive ketones (excluding diaryl/α,β-unsaturated/α-hetero) is 1. The van der Waals surface area contributed by atoms with Crippen LogP contribution in [0.5, 0.6) is 0 Å². The molecular formula is C27H28N4O4. The third-order valence-electron chi connectivity index (χ3n) is 6.36. The number of esters is 1. The molecule has 8 nitrogen and oxygen atoms in total. The Morgan fingerprint density at radius 1 is 0.914 bits per heavy atom. The maximum atomic E-state index is 13.5.